The SMILES string of the molecule is Cc1ccc(CN(C)C(=O)C(C)C2CNC2)cc1. The predicted octanol–water partition coefficient (Wildman–Crippen LogP) is 1.81. The molecule has 1 atom stereocenters. The number of nitrogens with one attached hydrogen (secondary N) is 1. The Hall–Kier alpha value is -1.35. The molecular weight excluding hydrogens is 224 g/mol. The zero-order valence-electron chi connectivity index (χ0n) is 11.4. The fourth-order valence-electron chi connectivity index (χ4n) is 2.26. The van der Waals surface area contributed by atoms with Crippen LogP contribution < -0.4 is 5.32 Å². The van der Waals surface area contributed by atoms with Gasteiger partial charge < -0.3 is 10.2 Å². The summed E-state index contributed by atoms with van der Waals surface area (Å²) in [6.07, 6.45) is 0. The average Bonchev–Trinajstić information content (AvgIpc) is 2.28. The molecule has 0 bridgehead atoms. The number of benzene rings is 1. The third-order valence-corrected chi connectivity index (χ3v) is 3.83. The van der Waals surface area contributed by atoms with Gasteiger partial charge in [0.1, 0.15) is 0 Å². The largest absolute Gasteiger partial charge is 0.341 e. The molecule has 1 N–H and O–H groups in total. The van der Waals surface area contributed by atoms with Crippen molar-refractivity contribution >= 4 is 5.91 Å². The van der Waals surface area contributed by atoms with Gasteiger partial charge in [0.05, 0.1) is 0 Å². The Bertz CT molecular complexity index is 409. The van der Waals surface area contributed by atoms with Crippen molar-refractivity contribution in [1.82, 2.24) is 10.2 Å². The lowest BCUT2D eigenvalue weighted by molar-refractivity contribution is -0.136. The Labute approximate surface area is 109 Å². The van der Waals surface area contributed by atoms with Crippen LogP contribution in [0.1, 0.15) is 18.1 Å². The Morgan fingerprint density at radius 3 is 2.50 bits per heavy atom. The molecule has 1 amide bonds. The van der Waals surface area contributed by atoms with Gasteiger partial charge in [-0.05, 0) is 31.5 Å². The zero-order valence-corrected chi connectivity index (χ0v) is 11.4. The quantitative estimate of drug-likeness (QED) is 0.878. The fourth-order valence-corrected chi connectivity index (χ4v) is 2.26. The first-order chi connectivity index (χ1) is 8.58. The van der Waals surface area contributed by atoms with Crippen LogP contribution in [-0.4, -0.2) is 30.9 Å². The van der Waals surface area contributed by atoms with Gasteiger partial charge in [-0.1, -0.05) is 36.8 Å². The van der Waals surface area contributed by atoms with Gasteiger partial charge in [-0.2, -0.15) is 0 Å². The molecule has 0 spiro atoms. The van der Waals surface area contributed by atoms with Gasteiger partial charge in [-0.3, -0.25) is 4.79 Å². The Morgan fingerprint density at radius 1 is 1.39 bits per heavy atom. The Morgan fingerprint density at radius 2 is 2.00 bits per heavy atom. The Balaban J connectivity index is 1.92. The minimum atomic E-state index is 0.127. The van der Waals surface area contributed by atoms with Gasteiger partial charge in [-0.25, -0.2) is 0 Å². The van der Waals surface area contributed by atoms with Gasteiger partial charge in [0.25, 0.3) is 0 Å². The summed E-state index contributed by atoms with van der Waals surface area (Å²) in [6.45, 7) is 6.77. The first kappa shape index (κ1) is 13.1. The molecule has 0 radical (unpaired) electrons. The maximum atomic E-state index is 12.2. The molecule has 98 valence electrons. The van der Waals surface area contributed by atoms with Gasteiger partial charge in [0, 0.05) is 19.5 Å². The summed E-state index contributed by atoms with van der Waals surface area (Å²) < 4.78 is 0. The number of aryl methyl sites for hydroxylation is 1. The fraction of sp³-hybridized carbons (Fsp3) is 0.533. The van der Waals surface area contributed by atoms with Crippen LogP contribution in [0.3, 0.4) is 0 Å². The predicted molar refractivity (Wildman–Crippen MR) is 73.2 cm³/mol. The monoisotopic (exact) mass is 246 g/mol. The van der Waals surface area contributed by atoms with E-state index in [9.17, 15) is 4.79 Å². The maximum Gasteiger partial charge on any atom is 0.225 e. The molecule has 1 heterocycles. The molecule has 0 aromatic heterocycles. The topological polar surface area (TPSA) is 32.3 Å². The van der Waals surface area contributed by atoms with E-state index < -0.39 is 0 Å². The molecule has 1 unspecified atom stereocenters. The molecule has 0 aliphatic carbocycles. The van der Waals surface area contributed by atoms with Crippen LogP contribution in [0.5, 0.6) is 0 Å². The second kappa shape index (κ2) is 5.53. The molecule has 18 heavy (non-hydrogen) atoms. The first-order valence-corrected chi connectivity index (χ1v) is 6.59. The van der Waals surface area contributed by atoms with Gasteiger partial charge in [0.2, 0.25) is 5.91 Å². The molecule has 0 saturated carbocycles. The van der Waals surface area contributed by atoms with Crippen molar-refractivity contribution in [3.8, 4) is 0 Å². The molecular formula is C15H22N2O. The summed E-state index contributed by atoms with van der Waals surface area (Å²) in [4.78, 5) is 14.1. The summed E-state index contributed by atoms with van der Waals surface area (Å²) >= 11 is 0. The van der Waals surface area contributed by atoms with E-state index in [1.165, 1.54) is 11.1 Å². The van der Waals surface area contributed by atoms with Crippen LogP contribution >= 0.6 is 0 Å². The lowest BCUT2D eigenvalue weighted by Crippen LogP contribution is -2.49. The van der Waals surface area contributed by atoms with E-state index in [4.69, 9.17) is 0 Å². The third kappa shape index (κ3) is 2.91. The molecule has 1 aromatic rings. The second-order valence-corrected chi connectivity index (χ2v) is 5.39. The van der Waals surface area contributed by atoms with E-state index in [2.05, 4.69) is 36.5 Å². The molecule has 3 nitrogen and oxygen atoms in total. The van der Waals surface area contributed by atoms with Crippen molar-refractivity contribution in [2.45, 2.75) is 20.4 Å². The van der Waals surface area contributed by atoms with Crippen LogP contribution in [0.4, 0.5) is 0 Å². The summed E-state index contributed by atoms with van der Waals surface area (Å²) in [5, 5.41) is 3.22. The number of nitrogens with zero attached hydrogens (tertiary/aromatic N) is 1. The third-order valence-electron chi connectivity index (χ3n) is 3.83. The molecule has 1 saturated heterocycles. The molecule has 1 aliphatic rings. The van der Waals surface area contributed by atoms with E-state index in [0.717, 1.165) is 13.1 Å². The highest BCUT2D eigenvalue weighted by molar-refractivity contribution is 5.78. The molecule has 1 aliphatic heterocycles. The highest BCUT2D eigenvalue weighted by Gasteiger charge is 2.30. The van der Waals surface area contributed by atoms with E-state index in [0.29, 0.717) is 12.5 Å². The van der Waals surface area contributed by atoms with Crippen molar-refractivity contribution < 1.29 is 4.79 Å². The van der Waals surface area contributed by atoms with Crippen LogP contribution in [0.2, 0.25) is 0 Å². The number of carbonyl (C=O) groups is 1. The lowest BCUT2D eigenvalue weighted by atomic mass is 9.88. The van der Waals surface area contributed by atoms with Crippen molar-refractivity contribution in [3.63, 3.8) is 0 Å². The minimum Gasteiger partial charge on any atom is -0.341 e. The second-order valence-electron chi connectivity index (χ2n) is 5.39. The summed E-state index contributed by atoms with van der Waals surface area (Å²) in [6, 6.07) is 8.36. The standard InChI is InChI=1S/C15H22N2O/c1-11-4-6-13(7-5-11)10-17(3)15(18)12(2)14-8-16-9-14/h4-7,12,14,16H,8-10H2,1-3H3. The molecule has 2 rings (SSSR count). The van der Waals surface area contributed by atoms with Gasteiger partial charge >= 0.3 is 0 Å². The average molecular weight is 246 g/mol. The van der Waals surface area contributed by atoms with E-state index in [1.54, 1.807) is 0 Å². The highest BCUT2D eigenvalue weighted by Crippen LogP contribution is 2.19. The van der Waals surface area contributed by atoms with Crippen LogP contribution in [0.25, 0.3) is 0 Å². The highest BCUT2D eigenvalue weighted by atomic mass is 16.2. The number of amides is 1. The molecule has 3 heteroatoms. The van der Waals surface area contributed by atoms with Crippen LogP contribution in [0, 0.1) is 18.8 Å². The minimum absolute atomic E-state index is 0.127. The van der Waals surface area contributed by atoms with E-state index >= 15 is 0 Å². The van der Waals surface area contributed by atoms with Crippen molar-refractivity contribution in [2.24, 2.45) is 11.8 Å². The number of carbonyl (C=O) groups excluding carboxylic acids is 1. The van der Waals surface area contributed by atoms with Crippen LogP contribution in [-0.2, 0) is 11.3 Å². The van der Waals surface area contributed by atoms with Crippen molar-refractivity contribution in [1.29, 1.82) is 0 Å². The van der Waals surface area contributed by atoms with Gasteiger partial charge in [0.15, 0.2) is 0 Å². The van der Waals surface area contributed by atoms with Crippen molar-refractivity contribution in [2.75, 3.05) is 20.1 Å². The lowest BCUT2D eigenvalue weighted by Gasteiger charge is -2.34. The summed E-state index contributed by atoms with van der Waals surface area (Å²) in [5.74, 6) is 0.891. The summed E-state index contributed by atoms with van der Waals surface area (Å²) in [7, 11) is 1.89. The van der Waals surface area contributed by atoms with Crippen LogP contribution in [0.15, 0.2) is 24.3 Å². The Kier molecular flexibility index (Phi) is 4.02. The van der Waals surface area contributed by atoms with E-state index in [-0.39, 0.29) is 11.8 Å². The van der Waals surface area contributed by atoms with E-state index in [1.807, 2.05) is 18.9 Å². The first-order valence-electron chi connectivity index (χ1n) is 6.59. The molecule has 1 fully saturated rings. The van der Waals surface area contributed by atoms with Crippen molar-refractivity contribution in [3.05, 3.63) is 35.4 Å². The zero-order chi connectivity index (χ0) is 13.1. The number of hydrogen-bond acceptors (Lipinski definition) is 2. The maximum absolute atomic E-state index is 12.2. The smallest absolute Gasteiger partial charge is 0.225 e. The number of hydrogen-bond donors (Lipinski definition) is 1. The molecule has 1 aromatic carbocycles. The normalized spacial score (nSPS) is 17.1. The summed E-state index contributed by atoms with van der Waals surface area (Å²) in [5.41, 5.74) is 2.44. The van der Waals surface area contributed by atoms with Gasteiger partial charge in [-0.15, -0.1) is 0 Å². The number of rotatable bonds is 4.